The molecule has 2 aromatic carbocycles. The molecule has 6 heteroatoms. The first kappa shape index (κ1) is 19.9. The number of amides is 1. The van der Waals surface area contributed by atoms with Crippen molar-refractivity contribution < 1.29 is 14.3 Å². The lowest BCUT2D eigenvalue weighted by atomic mass is 10.1. The fraction of sp³-hybridized carbons (Fsp3) is 0.440. The number of rotatable bonds is 9. The van der Waals surface area contributed by atoms with Gasteiger partial charge in [-0.3, -0.25) is 4.79 Å². The maximum atomic E-state index is 12.5. The number of fused-ring (bicyclic) bond motifs is 1. The second-order valence-electron chi connectivity index (χ2n) is 8.52. The number of likely N-dealkylation sites (tertiary alicyclic amines) is 1. The van der Waals surface area contributed by atoms with E-state index in [0.29, 0.717) is 25.0 Å². The average molecular weight is 420 g/mol. The first-order valence-corrected chi connectivity index (χ1v) is 11.2. The highest BCUT2D eigenvalue weighted by Crippen LogP contribution is 2.37. The van der Waals surface area contributed by atoms with Crippen molar-refractivity contribution in [1.29, 1.82) is 0 Å². The Hall–Kier alpha value is -3.02. The summed E-state index contributed by atoms with van der Waals surface area (Å²) in [5, 5.41) is 0. The van der Waals surface area contributed by atoms with E-state index in [1.54, 1.807) is 7.11 Å². The highest BCUT2D eigenvalue weighted by Gasteiger charge is 2.41. The Morgan fingerprint density at radius 2 is 1.81 bits per heavy atom. The molecule has 0 bridgehead atoms. The molecule has 2 aliphatic rings. The monoisotopic (exact) mass is 419 g/mol. The van der Waals surface area contributed by atoms with Gasteiger partial charge in [0.2, 0.25) is 5.91 Å². The molecule has 5 rings (SSSR count). The minimum atomic E-state index is 0.191. The number of carbonyl (C=O) groups is 1. The van der Waals surface area contributed by atoms with Crippen LogP contribution in [0.3, 0.4) is 0 Å². The number of unbranched alkanes of at least 4 members (excludes halogenated alkanes) is 1. The zero-order chi connectivity index (χ0) is 21.2. The van der Waals surface area contributed by atoms with Gasteiger partial charge in [-0.05, 0) is 62.1 Å². The third kappa shape index (κ3) is 4.24. The Labute approximate surface area is 182 Å². The van der Waals surface area contributed by atoms with Gasteiger partial charge in [0.25, 0.3) is 0 Å². The number of nitrogens with zero attached hydrogens (tertiary/aromatic N) is 3. The molecule has 3 aromatic rings. The first-order chi connectivity index (χ1) is 15.2. The van der Waals surface area contributed by atoms with Crippen LogP contribution < -0.4 is 9.47 Å². The van der Waals surface area contributed by atoms with Crippen molar-refractivity contribution >= 4 is 16.9 Å². The molecule has 1 saturated carbocycles. The zero-order valence-corrected chi connectivity index (χ0v) is 18.0. The Balaban J connectivity index is 1.23. The van der Waals surface area contributed by atoms with Crippen LogP contribution in [-0.2, 0) is 11.3 Å². The fourth-order valence-electron chi connectivity index (χ4n) is 4.52. The number of carbonyl (C=O) groups excluding carboxylic acids is 1. The number of ether oxygens (including phenoxy) is 2. The fourth-order valence-corrected chi connectivity index (χ4v) is 4.52. The Kier molecular flexibility index (Phi) is 5.53. The third-order valence-corrected chi connectivity index (χ3v) is 6.30. The summed E-state index contributed by atoms with van der Waals surface area (Å²) in [5.74, 6) is 3.24. The molecular weight excluding hydrogens is 390 g/mol. The molecule has 1 saturated heterocycles. The number of benzene rings is 2. The zero-order valence-electron chi connectivity index (χ0n) is 18.0. The molecule has 1 aromatic heterocycles. The molecule has 0 radical (unpaired) electrons. The number of para-hydroxylation sites is 2. The van der Waals surface area contributed by atoms with E-state index >= 15 is 0 Å². The van der Waals surface area contributed by atoms with Crippen LogP contribution in [0.4, 0.5) is 0 Å². The molecule has 0 spiro atoms. The lowest BCUT2D eigenvalue weighted by Crippen LogP contribution is -2.27. The number of hydrogen-bond acceptors (Lipinski definition) is 4. The largest absolute Gasteiger partial charge is 0.497 e. The Bertz CT molecular complexity index is 1060. The van der Waals surface area contributed by atoms with Gasteiger partial charge >= 0.3 is 0 Å². The summed E-state index contributed by atoms with van der Waals surface area (Å²) in [7, 11) is 1.66. The van der Waals surface area contributed by atoms with Gasteiger partial charge in [-0.2, -0.15) is 0 Å². The van der Waals surface area contributed by atoms with Gasteiger partial charge in [0.15, 0.2) is 0 Å². The van der Waals surface area contributed by atoms with Crippen LogP contribution in [0.5, 0.6) is 11.5 Å². The molecule has 1 amide bonds. The van der Waals surface area contributed by atoms with Gasteiger partial charge in [-0.25, -0.2) is 4.98 Å². The van der Waals surface area contributed by atoms with Crippen LogP contribution in [0.25, 0.3) is 11.0 Å². The van der Waals surface area contributed by atoms with E-state index in [1.807, 2.05) is 30.3 Å². The maximum Gasteiger partial charge on any atom is 0.223 e. The molecule has 0 N–H and O–H groups in total. The van der Waals surface area contributed by atoms with E-state index in [4.69, 9.17) is 14.5 Å². The summed E-state index contributed by atoms with van der Waals surface area (Å²) >= 11 is 0. The molecule has 1 atom stereocenters. The summed E-state index contributed by atoms with van der Waals surface area (Å²) in [5.41, 5.74) is 2.18. The highest BCUT2D eigenvalue weighted by molar-refractivity contribution is 5.81. The van der Waals surface area contributed by atoms with Gasteiger partial charge in [0, 0.05) is 31.5 Å². The number of aryl methyl sites for hydroxylation is 1. The van der Waals surface area contributed by atoms with Crippen LogP contribution in [0.1, 0.15) is 43.8 Å². The minimum Gasteiger partial charge on any atom is -0.497 e. The smallest absolute Gasteiger partial charge is 0.223 e. The van der Waals surface area contributed by atoms with E-state index in [-0.39, 0.29) is 5.92 Å². The number of aromatic nitrogens is 2. The molecule has 2 heterocycles. The van der Waals surface area contributed by atoms with E-state index < -0.39 is 0 Å². The third-order valence-electron chi connectivity index (χ3n) is 6.30. The minimum absolute atomic E-state index is 0.191. The molecule has 1 unspecified atom stereocenters. The van der Waals surface area contributed by atoms with Crippen molar-refractivity contribution in [3.05, 3.63) is 54.4 Å². The van der Waals surface area contributed by atoms with Gasteiger partial charge in [-0.1, -0.05) is 12.1 Å². The maximum absolute atomic E-state index is 12.5. The topological polar surface area (TPSA) is 56.6 Å². The second-order valence-corrected chi connectivity index (χ2v) is 8.52. The summed E-state index contributed by atoms with van der Waals surface area (Å²) in [4.78, 5) is 19.5. The first-order valence-electron chi connectivity index (χ1n) is 11.2. The standard InChI is InChI=1S/C25H29N3O3/c1-30-20-10-12-21(13-11-20)31-15-5-4-14-27-23-7-3-2-6-22(23)26-25(27)18-16-24(29)28(17-18)19-8-9-19/h2-3,6-7,10-13,18-19H,4-5,8-9,14-17H2,1H3. The highest BCUT2D eigenvalue weighted by atomic mass is 16.5. The predicted octanol–water partition coefficient (Wildman–Crippen LogP) is 4.38. The van der Waals surface area contributed by atoms with Crippen LogP contribution in [-0.4, -0.2) is 46.7 Å². The Morgan fingerprint density at radius 1 is 1.03 bits per heavy atom. The van der Waals surface area contributed by atoms with Crippen LogP contribution in [0.2, 0.25) is 0 Å². The Morgan fingerprint density at radius 3 is 2.58 bits per heavy atom. The normalized spacial score (nSPS) is 18.7. The molecule has 31 heavy (non-hydrogen) atoms. The SMILES string of the molecule is COc1ccc(OCCCCn2c(C3CC(=O)N(C4CC4)C3)nc3ccccc32)cc1. The van der Waals surface area contributed by atoms with Gasteiger partial charge in [-0.15, -0.1) is 0 Å². The lowest BCUT2D eigenvalue weighted by molar-refractivity contribution is -0.128. The summed E-state index contributed by atoms with van der Waals surface area (Å²) in [6.45, 7) is 2.37. The lowest BCUT2D eigenvalue weighted by Gasteiger charge is -2.16. The van der Waals surface area contributed by atoms with Gasteiger partial charge in [0.1, 0.15) is 17.3 Å². The molecule has 6 nitrogen and oxygen atoms in total. The molecular formula is C25H29N3O3. The van der Waals surface area contributed by atoms with E-state index in [1.165, 1.54) is 0 Å². The molecule has 1 aliphatic carbocycles. The van der Waals surface area contributed by atoms with E-state index in [0.717, 1.165) is 67.1 Å². The van der Waals surface area contributed by atoms with Crippen molar-refractivity contribution in [2.45, 2.75) is 50.6 Å². The van der Waals surface area contributed by atoms with Crippen molar-refractivity contribution in [2.24, 2.45) is 0 Å². The molecule has 1 aliphatic heterocycles. The number of hydrogen-bond donors (Lipinski definition) is 0. The van der Waals surface area contributed by atoms with Crippen molar-refractivity contribution in [1.82, 2.24) is 14.5 Å². The average Bonchev–Trinajstić information content (AvgIpc) is 3.47. The van der Waals surface area contributed by atoms with Gasteiger partial charge in [0.05, 0.1) is 24.8 Å². The van der Waals surface area contributed by atoms with Crippen LogP contribution in [0.15, 0.2) is 48.5 Å². The van der Waals surface area contributed by atoms with Crippen LogP contribution >= 0.6 is 0 Å². The summed E-state index contributed by atoms with van der Waals surface area (Å²) in [6.07, 6.45) is 4.85. The van der Waals surface area contributed by atoms with Crippen molar-refractivity contribution in [3.63, 3.8) is 0 Å². The second kappa shape index (κ2) is 8.61. The van der Waals surface area contributed by atoms with Crippen molar-refractivity contribution in [2.75, 3.05) is 20.3 Å². The van der Waals surface area contributed by atoms with E-state index in [9.17, 15) is 4.79 Å². The predicted molar refractivity (Wildman–Crippen MR) is 120 cm³/mol. The molecule has 162 valence electrons. The molecule has 2 fully saturated rings. The summed E-state index contributed by atoms with van der Waals surface area (Å²) < 4.78 is 13.4. The van der Waals surface area contributed by atoms with Crippen molar-refractivity contribution in [3.8, 4) is 11.5 Å². The van der Waals surface area contributed by atoms with Crippen LogP contribution in [0, 0.1) is 0 Å². The number of imidazole rings is 1. The van der Waals surface area contributed by atoms with Gasteiger partial charge < -0.3 is 18.9 Å². The quantitative estimate of drug-likeness (QED) is 0.483. The number of methoxy groups -OCH3 is 1. The summed E-state index contributed by atoms with van der Waals surface area (Å²) in [6, 6.07) is 16.5. The van der Waals surface area contributed by atoms with E-state index in [2.05, 4.69) is 27.7 Å².